The second-order valence-corrected chi connectivity index (χ2v) is 8.16. The fraction of sp³-hybridized carbons (Fsp3) is 0.250. The normalized spacial score (nSPS) is 13.7. The van der Waals surface area contributed by atoms with Crippen molar-refractivity contribution in [1.29, 1.82) is 0 Å². The quantitative estimate of drug-likeness (QED) is 0.473. The first-order valence-corrected chi connectivity index (χ1v) is 11.3. The van der Waals surface area contributed by atoms with Crippen molar-refractivity contribution in [1.82, 2.24) is 9.80 Å². The number of nitrogens with zero attached hydrogens (tertiary/aromatic N) is 2. The zero-order chi connectivity index (χ0) is 22.2. The van der Waals surface area contributed by atoms with Crippen molar-refractivity contribution in [2.45, 2.75) is 12.8 Å². The molecule has 164 valence electrons. The van der Waals surface area contributed by atoms with Crippen molar-refractivity contribution in [3.05, 3.63) is 114 Å². The molecule has 4 rings (SSSR count). The summed E-state index contributed by atoms with van der Waals surface area (Å²) in [4.78, 5) is 17.6. The van der Waals surface area contributed by atoms with E-state index < -0.39 is 0 Å². The van der Waals surface area contributed by atoms with Crippen LogP contribution in [0.5, 0.6) is 0 Å². The van der Waals surface area contributed by atoms with Crippen molar-refractivity contribution >= 4 is 11.5 Å². The van der Waals surface area contributed by atoms with Gasteiger partial charge in [0.15, 0.2) is 0 Å². The number of carbonyl (C=O) groups is 1. The minimum atomic E-state index is -0.333. The van der Waals surface area contributed by atoms with Crippen LogP contribution in [0, 0.1) is 5.82 Å². The van der Waals surface area contributed by atoms with Crippen LogP contribution in [0.4, 0.5) is 4.39 Å². The molecule has 1 aliphatic heterocycles. The lowest BCUT2D eigenvalue weighted by molar-refractivity contribution is 0.0760. The molecule has 1 fully saturated rings. The van der Waals surface area contributed by atoms with E-state index in [0.29, 0.717) is 18.7 Å². The number of amides is 1. The SMILES string of the molecule is O=C(c1ccc(F)cc1)N(CC=C(c1ccccc1)c1ccccc1)CCN1CCCC1. The number of rotatable bonds is 8. The van der Waals surface area contributed by atoms with Gasteiger partial charge in [0.25, 0.3) is 5.91 Å². The summed E-state index contributed by atoms with van der Waals surface area (Å²) in [6.07, 6.45) is 4.58. The second kappa shape index (κ2) is 10.9. The van der Waals surface area contributed by atoms with Gasteiger partial charge in [0.1, 0.15) is 5.82 Å². The Labute approximate surface area is 189 Å². The van der Waals surface area contributed by atoms with Crippen LogP contribution in [0.15, 0.2) is 91.0 Å². The molecule has 1 aliphatic rings. The van der Waals surface area contributed by atoms with Crippen molar-refractivity contribution in [3.8, 4) is 0 Å². The lowest BCUT2D eigenvalue weighted by Gasteiger charge is -2.25. The highest BCUT2D eigenvalue weighted by atomic mass is 19.1. The molecular formula is C28H29FN2O. The third kappa shape index (κ3) is 5.71. The standard InChI is InChI=1S/C28H29FN2O/c29-26-15-13-25(14-16-26)28(32)31(22-21-30-18-7-8-19-30)20-17-27(23-9-3-1-4-10-23)24-11-5-2-6-12-24/h1-6,9-17H,7-8,18-22H2. The third-order valence-corrected chi connectivity index (χ3v) is 5.95. The smallest absolute Gasteiger partial charge is 0.254 e. The second-order valence-electron chi connectivity index (χ2n) is 8.16. The Morgan fingerprint density at radius 1 is 0.812 bits per heavy atom. The molecule has 3 aromatic rings. The molecule has 0 unspecified atom stereocenters. The predicted molar refractivity (Wildman–Crippen MR) is 128 cm³/mol. The first-order valence-electron chi connectivity index (χ1n) is 11.3. The highest BCUT2D eigenvalue weighted by Gasteiger charge is 2.18. The highest BCUT2D eigenvalue weighted by Crippen LogP contribution is 2.23. The van der Waals surface area contributed by atoms with Crippen LogP contribution < -0.4 is 0 Å². The average Bonchev–Trinajstić information content (AvgIpc) is 3.36. The summed E-state index contributed by atoms with van der Waals surface area (Å²) in [5.74, 6) is -0.401. The van der Waals surface area contributed by atoms with E-state index in [1.165, 1.54) is 25.0 Å². The summed E-state index contributed by atoms with van der Waals surface area (Å²) in [5, 5.41) is 0. The minimum Gasteiger partial charge on any atom is -0.334 e. The molecule has 1 amide bonds. The topological polar surface area (TPSA) is 23.6 Å². The summed E-state index contributed by atoms with van der Waals surface area (Å²) >= 11 is 0. The first kappa shape index (κ1) is 22.0. The van der Waals surface area contributed by atoms with E-state index in [4.69, 9.17) is 0 Å². The molecule has 0 saturated carbocycles. The van der Waals surface area contributed by atoms with Gasteiger partial charge < -0.3 is 9.80 Å². The van der Waals surface area contributed by atoms with E-state index in [1.54, 1.807) is 12.1 Å². The van der Waals surface area contributed by atoms with Gasteiger partial charge in [-0.15, -0.1) is 0 Å². The van der Waals surface area contributed by atoms with E-state index in [2.05, 4.69) is 35.2 Å². The van der Waals surface area contributed by atoms with Gasteiger partial charge in [-0.3, -0.25) is 4.79 Å². The molecule has 0 radical (unpaired) electrons. The molecule has 0 bridgehead atoms. The van der Waals surface area contributed by atoms with Crippen molar-refractivity contribution < 1.29 is 9.18 Å². The monoisotopic (exact) mass is 428 g/mol. The van der Waals surface area contributed by atoms with E-state index in [9.17, 15) is 9.18 Å². The Kier molecular flexibility index (Phi) is 7.47. The van der Waals surface area contributed by atoms with Crippen LogP contribution in [-0.2, 0) is 0 Å². The van der Waals surface area contributed by atoms with Crippen LogP contribution in [0.1, 0.15) is 34.3 Å². The van der Waals surface area contributed by atoms with Crippen LogP contribution in [0.2, 0.25) is 0 Å². The summed E-state index contributed by atoms with van der Waals surface area (Å²) in [6.45, 7) is 4.17. The zero-order valence-electron chi connectivity index (χ0n) is 18.3. The minimum absolute atomic E-state index is 0.0686. The molecule has 0 aliphatic carbocycles. The molecule has 4 heteroatoms. The average molecular weight is 429 g/mol. The Hall–Kier alpha value is -3.24. The molecule has 3 nitrogen and oxygen atoms in total. The highest BCUT2D eigenvalue weighted by molar-refractivity contribution is 5.94. The van der Waals surface area contributed by atoms with Crippen LogP contribution in [-0.4, -0.2) is 48.4 Å². The summed E-state index contributed by atoms with van der Waals surface area (Å²) < 4.78 is 13.4. The largest absolute Gasteiger partial charge is 0.334 e. The van der Waals surface area contributed by atoms with Crippen LogP contribution >= 0.6 is 0 Å². The molecule has 3 aromatic carbocycles. The van der Waals surface area contributed by atoms with Gasteiger partial charge in [-0.25, -0.2) is 4.39 Å². The number of hydrogen-bond acceptors (Lipinski definition) is 2. The number of hydrogen-bond donors (Lipinski definition) is 0. The van der Waals surface area contributed by atoms with Gasteiger partial charge in [0.05, 0.1) is 0 Å². The molecule has 0 aromatic heterocycles. The Morgan fingerprint density at radius 2 is 1.38 bits per heavy atom. The van der Waals surface area contributed by atoms with Gasteiger partial charge in [-0.1, -0.05) is 66.7 Å². The fourth-order valence-corrected chi connectivity index (χ4v) is 4.16. The fourth-order valence-electron chi connectivity index (χ4n) is 4.16. The molecule has 0 N–H and O–H groups in total. The lowest BCUT2D eigenvalue weighted by atomic mass is 9.97. The predicted octanol–water partition coefficient (Wildman–Crippen LogP) is 5.50. The van der Waals surface area contributed by atoms with Gasteiger partial charge in [0.2, 0.25) is 0 Å². The van der Waals surface area contributed by atoms with E-state index >= 15 is 0 Å². The number of likely N-dealkylation sites (tertiary alicyclic amines) is 1. The molecule has 32 heavy (non-hydrogen) atoms. The first-order chi connectivity index (χ1) is 15.7. The molecule has 1 heterocycles. The molecular weight excluding hydrogens is 399 g/mol. The molecule has 1 saturated heterocycles. The van der Waals surface area contributed by atoms with Gasteiger partial charge in [-0.05, 0) is 66.9 Å². The van der Waals surface area contributed by atoms with Crippen LogP contribution in [0.25, 0.3) is 5.57 Å². The number of carbonyl (C=O) groups excluding carboxylic acids is 1. The van der Waals surface area contributed by atoms with Gasteiger partial charge in [-0.2, -0.15) is 0 Å². The molecule has 0 spiro atoms. The van der Waals surface area contributed by atoms with Gasteiger partial charge >= 0.3 is 0 Å². The molecule has 0 atom stereocenters. The maximum absolute atomic E-state index is 13.4. The Morgan fingerprint density at radius 3 is 1.94 bits per heavy atom. The lowest BCUT2D eigenvalue weighted by Crippen LogP contribution is -2.38. The third-order valence-electron chi connectivity index (χ3n) is 5.95. The van der Waals surface area contributed by atoms with E-state index in [0.717, 1.165) is 36.3 Å². The van der Waals surface area contributed by atoms with E-state index in [1.807, 2.05) is 41.3 Å². The zero-order valence-corrected chi connectivity index (χ0v) is 18.3. The Balaban J connectivity index is 1.60. The van der Waals surface area contributed by atoms with Crippen molar-refractivity contribution in [2.24, 2.45) is 0 Å². The number of halogens is 1. The summed E-state index contributed by atoms with van der Waals surface area (Å²) in [6, 6.07) is 26.3. The van der Waals surface area contributed by atoms with Crippen LogP contribution in [0.3, 0.4) is 0 Å². The van der Waals surface area contributed by atoms with Crippen molar-refractivity contribution in [3.63, 3.8) is 0 Å². The summed E-state index contributed by atoms with van der Waals surface area (Å²) in [7, 11) is 0. The van der Waals surface area contributed by atoms with Gasteiger partial charge in [0, 0.05) is 25.2 Å². The maximum atomic E-state index is 13.4. The number of benzene rings is 3. The Bertz CT molecular complexity index is 985. The van der Waals surface area contributed by atoms with E-state index in [-0.39, 0.29) is 11.7 Å². The van der Waals surface area contributed by atoms with Crippen molar-refractivity contribution in [2.75, 3.05) is 32.7 Å². The maximum Gasteiger partial charge on any atom is 0.254 e. The summed E-state index contributed by atoms with van der Waals surface area (Å²) in [5.41, 5.74) is 3.85.